The predicted molar refractivity (Wildman–Crippen MR) is 90.1 cm³/mol. The number of nitrogens with zero attached hydrogens (tertiary/aromatic N) is 4. The van der Waals surface area contributed by atoms with Crippen LogP contribution in [0.2, 0.25) is 0 Å². The van der Waals surface area contributed by atoms with Gasteiger partial charge in [0.25, 0.3) is 0 Å². The molecule has 2 aromatic rings. The number of likely N-dealkylation sites (tertiary alicyclic amines) is 1. The van der Waals surface area contributed by atoms with Crippen LogP contribution < -0.4 is 0 Å². The first-order valence-corrected chi connectivity index (χ1v) is 8.56. The van der Waals surface area contributed by atoms with Gasteiger partial charge in [-0.15, -0.1) is 0 Å². The molecular weight excluding hydrogens is 304 g/mol. The molecule has 0 unspecified atom stereocenters. The van der Waals surface area contributed by atoms with E-state index in [0.29, 0.717) is 37.8 Å². The minimum absolute atomic E-state index is 0.0235. The van der Waals surface area contributed by atoms with Crippen LogP contribution >= 0.6 is 0 Å². The molecule has 128 valence electrons. The lowest BCUT2D eigenvalue weighted by molar-refractivity contribution is -0.128. The van der Waals surface area contributed by atoms with E-state index in [1.165, 1.54) is 0 Å². The second-order valence-electron chi connectivity index (χ2n) is 6.17. The number of amides is 1. The van der Waals surface area contributed by atoms with Crippen molar-refractivity contribution >= 4 is 5.91 Å². The summed E-state index contributed by atoms with van der Waals surface area (Å²) in [6.07, 6.45) is 0.455. The van der Waals surface area contributed by atoms with Crippen LogP contribution in [0.1, 0.15) is 43.5 Å². The maximum absolute atomic E-state index is 12.3. The zero-order chi connectivity index (χ0) is 16.9. The van der Waals surface area contributed by atoms with Crippen LogP contribution in [0.3, 0.4) is 0 Å². The largest absolute Gasteiger partial charge is 0.338 e. The van der Waals surface area contributed by atoms with Gasteiger partial charge in [-0.3, -0.25) is 9.69 Å². The van der Waals surface area contributed by atoms with E-state index in [1.54, 1.807) is 0 Å². The van der Waals surface area contributed by atoms with Crippen molar-refractivity contribution in [2.45, 2.75) is 39.3 Å². The Labute approximate surface area is 142 Å². The van der Waals surface area contributed by atoms with E-state index in [1.807, 2.05) is 35.2 Å². The van der Waals surface area contributed by atoms with Gasteiger partial charge in [0.15, 0.2) is 5.82 Å². The molecule has 1 saturated heterocycles. The van der Waals surface area contributed by atoms with Crippen molar-refractivity contribution in [3.63, 3.8) is 0 Å². The molecule has 6 nitrogen and oxygen atoms in total. The molecule has 1 aliphatic rings. The van der Waals surface area contributed by atoms with Gasteiger partial charge in [-0.05, 0) is 18.7 Å². The normalized spacial score (nSPS) is 17.9. The van der Waals surface area contributed by atoms with Crippen LogP contribution in [0.15, 0.2) is 34.9 Å². The average Bonchev–Trinajstić information content (AvgIpc) is 3.21. The summed E-state index contributed by atoms with van der Waals surface area (Å²) in [4.78, 5) is 20.9. The average molecular weight is 328 g/mol. The molecule has 1 fully saturated rings. The fourth-order valence-electron chi connectivity index (χ4n) is 3.04. The van der Waals surface area contributed by atoms with E-state index >= 15 is 0 Å². The lowest BCUT2D eigenvalue weighted by Crippen LogP contribution is -2.24. The van der Waals surface area contributed by atoms with E-state index in [9.17, 15) is 4.79 Å². The Hall–Kier alpha value is -2.21. The second kappa shape index (κ2) is 7.57. The Kier molecular flexibility index (Phi) is 5.25. The van der Waals surface area contributed by atoms with Gasteiger partial charge in [-0.25, -0.2) is 0 Å². The summed E-state index contributed by atoms with van der Waals surface area (Å²) in [7, 11) is 0. The number of hydrogen-bond donors (Lipinski definition) is 0. The van der Waals surface area contributed by atoms with Gasteiger partial charge in [0, 0.05) is 25.4 Å². The monoisotopic (exact) mass is 328 g/mol. The quantitative estimate of drug-likeness (QED) is 0.781. The van der Waals surface area contributed by atoms with E-state index in [-0.39, 0.29) is 11.8 Å². The number of rotatable bonds is 7. The van der Waals surface area contributed by atoms with E-state index in [0.717, 1.165) is 18.7 Å². The third kappa shape index (κ3) is 3.82. The minimum atomic E-state index is 0.0235. The molecule has 0 radical (unpaired) electrons. The van der Waals surface area contributed by atoms with E-state index < -0.39 is 0 Å². The lowest BCUT2D eigenvalue weighted by atomic mass is 10.1. The van der Waals surface area contributed by atoms with Crippen LogP contribution in [0.5, 0.6) is 0 Å². The topological polar surface area (TPSA) is 62.5 Å². The molecule has 1 aromatic heterocycles. The van der Waals surface area contributed by atoms with E-state index in [2.05, 4.69) is 28.9 Å². The lowest BCUT2D eigenvalue weighted by Gasteiger charge is -2.16. The SMILES string of the molecule is CCN(CC)Cc1nc([C@@H]2CC(=O)N(Cc3ccccc3)C2)no1. The number of aromatic nitrogens is 2. The Morgan fingerprint density at radius 1 is 1.25 bits per heavy atom. The van der Waals surface area contributed by atoms with Crippen LogP contribution in [0.25, 0.3) is 0 Å². The third-order valence-corrected chi connectivity index (χ3v) is 4.53. The molecule has 1 aromatic carbocycles. The summed E-state index contributed by atoms with van der Waals surface area (Å²) >= 11 is 0. The number of benzene rings is 1. The summed E-state index contributed by atoms with van der Waals surface area (Å²) in [5, 5.41) is 4.10. The van der Waals surface area contributed by atoms with Gasteiger partial charge < -0.3 is 9.42 Å². The Bertz CT molecular complexity index is 667. The Morgan fingerprint density at radius 3 is 2.71 bits per heavy atom. The number of hydrogen-bond acceptors (Lipinski definition) is 5. The van der Waals surface area contributed by atoms with Crippen molar-refractivity contribution in [3.05, 3.63) is 47.6 Å². The molecule has 0 saturated carbocycles. The third-order valence-electron chi connectivity index (χ3n) is 4.53. The van der Waals surface area contributed by atoms with Crippen molar-refractivity contribution in [2.75, 3.05) is 19.6 Å². The fourth-order valence-corrected chi connectivity index (χ4v) is 3.04. The van der Waals surface area contributed by atoms with Gasteiger partial charge in [-0.2, -0.15) is 4.98 Å². The number of carbonyl (C=O) groups is 1. The number of carbonyl (C=O) groups excluding carboxylic acids is 1. The van der Waals surface area contributed by atoms with Crippen molar-refractivity contribution in [3.8, 4) is 0 Å². The van der Waals surface area contributed by atoms with Crippen LogP contribution in [-0.2, 0) is 17.9 Å². The van der Waals surface area contributed by atoms with Gasteiger partial charge in [0.05, 0.1) is 6.54 Å². The second-order valence-corrected chi connectivity index (χ2v) is 6.17. The summed E-state index contributed by atoms with van der Waals surface area (Å²) in [5.74, 6) is 1.46. The molecule has 0 N–H and O–H groups in total. The molecule has 6 heteroatoms. The maximum Gasteiger partial charge on any atom is 0.240 e. The van der Waals surface area contributed by atoms with Gasteiger partial charge >= 0.3 is 0 Å². The van der Waals surface area contributed by atoms with Gasteiger partial charge in [-0.1, -0.05) is 49.3 Å². The highest BCUT2D eigenvalue weighted by molar-refractivity contribution is 5.79. The molecule has 0 bridgehead atoms. The molecule has 0 aliphatic carbocycles. The fraction of sp³-hybridized carbons (Fsp3) is 0.500. The van der Waals surface area contributed by atoms with Crippen molar-refractivity contribution in [2.24, 2.45) is 0 Å². The van der Waals surface area contributed by atoms with Crippen molar-refractivity contribution in [1.82, 2.24) is 19.9 Å². The zero-order valence-corrected chi connectivity index (χ0v) is 14.3. The van der Waals surface area contributed by atoms with Crippen molar-refractivity contribution in [1.29, 1.82) is 0 Å². The standard InChI is InChI=1S/C18H24N4O2/c1-3-21(4-2)13-16-19-18(20-24-16)15-10-17(23)22(12-15)11-14-8-6-5-7-9-14/h5-9,15H,3-4,10-13H2,1-2H3/t15-/m1/s1. The van der Waals surface area contributed by atoms with Crippen LogP contribution in [0.4, 0.5) is 0 Å². The Morgan fingerprint density at radius 2 is 2.00 bits per heavy atom. The summed E-state index contributed by atoms with van der Waals surface area (Å²) in [6.45, 7) is 8.06. The molecule has 3 rings (SSSR count). The minimum Gasteiger partial charge on any atom is -0.338 e. The molecule has 1 atom stereocenters. The Balaban J connectivity index is 1.62. The zero-order valence-electron chi connectivity index (χ0n) is 14.3. The molecular formula is C18H24N4O2. The van der Waals surface area contributed by atoms with Crippen molar-refractivity contribution < 1.29 is 9.32 Å². The molecule has 1 aliphatic heterocycles. The molecule has 0 spiro atoms. The first kappa shape index (κ1) is 16.6. The maximum atomic E-state index is 12.3. The molecule has 2 heterocycles. The van der Waals surface area contributed by atoms with Gasteiger partial charge in [0.2, 0.25) is 11.8 Å². The smallest absolute Gasteiger partial charge is 0.240 e. The van der Waals surface area contributed by atoms with Crippen LogP contribution in [-0.4, -0.2) is 45.5 Å². The highest BCUT2D eigenvalue weighted by Crippen LogP contribution is 2.27. The molecule has 24 heavy (non-hydrogen) atoms. The highest BCUT2D eigenvalue weighted by Gasteiger charge is 2.33. The van der Waals surface area contributed by atoms with E-state index in [4.69, 9.17) is 4.52 Å². The molecule has 1 amide bonds. The first-order valence-electron chi connectivity index (χ1n) is 8.56. The predicted octanol–water partition coefficient (Wildman–Crippen LogP) is 2.43. The summed E-state index contributed by atoms with van der Waals surface area (Å²) < 4.78 is 5.37. The summed E-state index contributed by atoms with van der Waals surface area (Å²) in [6, 6.07) is 10.0. The van der Waals surface area contributed by atoms with Gasteiger partial charge in [0.1, 0.15) is 0 Å². The van der Waals surface area contributed by atoms with Crippen LogP contribution in [0, 0.1) is 0 Å². The first-order chi connectivity index (χ1) is 11.7. The summed E-state index contributed by atoms with van der Waals surface area (Å²) in [5.41, 5.74) is 1.14. The highest BCUT2D eigenvalue weighted by atomic mass is 16.5.